The molecule has 0 bridgehead atoms. The predicted octanol–water partition coefficient (Wildman–Crippen LogP) is 1.41. The summed E-state index contributed by atoms with van der Waals surface area (Å²) in [4.78, 5) is 0. The first kappa shape index (κ1) is 6.96. The van der Waals surface area contributed by atoms with Gasteiger partial charge in [0.15, 0.2) is 0 Å². The highest BCUT2D eigenvalue weighted by molar-refractivity contribution is 4.39. The maximum absolute atomic E-state index is 4.21. The van der Waals surface area contributed by atoms with Gasteiger partial charge in [0.25, 0.3) is 0 Å². The van der Waals surface area contributed by atoms with E-state index in [1.54, 1.807) is 0 Å². The molecule has 0 heterocycles. The molecule has 0 saturated carbocycles. The molecule has 0 aromatic carbocycles. The monoisotopic (exact) mass is 100 g/mol. The van der Waals surface area contributed by atoms with Gasteiger partial charge in [0, 0.05) is 13.1 Å². The summed E-state index contributed by atoms with van der Waals surface area (Å²) >= 11 is 0. The summed E-state index contributed by atoms with van der Waals surface area (Å²) in [6, 6.07) is 0. The Morgan fingerprint density at radius 1 is 1.00 bits per heavy atom. The number of hydrogen-bond acceptors (Lipinski definition) is 0. The second-order valence-corrected chi connectivity index (χ2v) is 1.67. The number of rotatable bonds is 4. The SMILES string of the molecule is CCC[N]CCC. The van der Waals surface area contributed by atoms with Crippen LogP contribution in [0.25, 0.3) is 0 Å². The van der Waals surface area contributed by atoms with Crippen molar-refractivity contribution < 1.29 is 0 Å². The fraction of sp³-hybridized carbons (Fsp3) is 1.00. The minimum atomic E-state index is 1.05. The molecule has 0 aromatic heterocycles. The second kappa shape index (κ2) is 5.96. The van der Waals surface area contributed by atoms with Gasteiger partial charge in [-0.3, -0.25) is 0 Å². The Morgan fingerprint density at radius 3 is 1.71 bits per heavy atom. The number of hydrogen-bond donors (Lipinski definition) is 0. The smallest absolute Gasteiger partial charge is 0.0130 e. The molecule has 0 fully saturated rings. The first-order valence-electron chi connectivity index (χ1n) is 3.05. The van der Waals surface area contributed by atoms with Crippen molar-refractivity contribution in [1.82, 2.24) is 5.32 Å². The Bertz CT molecular complexity index is 23.4. The van der Waals surface area contributed by atoms with Crippen LogP contribution in [0.15, 0.2) is 0 Å². The van der Waals surface area contributed by atoms with E-state index < -0.39 is 0 Å². The van der Waals surface area contributed by atoms with Gasteiger partial charge in [-0.05, 0) is 12.8 Å². The van der Waals surface area contributed by atoms with Crippen LogP contribution in [0.3, 0.4) is 0 Å². The molecule has 0 amide bonds. The highest BCUT2D eigenvalue weighted by atomic mass is 14.8. The maximum Gasteiger partial charge on any atom is 0.0130 e. The van der Waals surface area contributed by atoms with Gasteiger partial charge in [-0.1, -0.05) is 13.8 Å². The molecule has 0 rings (SSSR count). The Kier molecular flexibility index (Phi) is 5.93. The fourth-order valence-corrected chi connectivity index (χ4v) is 0.428. The van der Waals surface area contributed by atoms with E-state index in [0.29, 0.717) is 0 Å². The Morgan fingerprint density at radius 2 is 1.43 bits per heavy atom. The van der Waals surface area contributed by atoms with Gasteiger partial charge in [-0.15, -0.1) is 0 Å². The summed E-state index contributed by atoms with van der Waals surface area (Å²) < 4.78 is 0. The summed E-state index contributed by atoms with van der Waals surface area (Å²) in [6.45, 7) is 6.40. The van der Waals surface area contributed by atoms with Crippen molar-refractivity contribution >= 4 is 0 Å². The normalized spacial score (nSPS) is 9.43. The standard InChI is InChI=1S/C6H14N/c1-3-5-7-6-4-2/h3-6H2,1-2H3. The molecule has 0 N–H and O–H groups in total. The highest BCUT2D eigenvalue weighted by Gasteiger charge is 1.79. The molecule has 1 nitrogen and oxygen atoms in total. The third-order valence-electron chi connectivity index (χ3n) is 0.763. The third kappa shape index (κ3) is 5.96. The van der Waals surface area contributed by atoms with Crippen molar-refractivity contribution in [1.29, 1.82) is 0 Å². The van der Waals surface area contributed by atoms with Crippen LogP contribution in [0.5, 0.6) is 0 Å². The van der Waals surface area contributed by atoms with Crippen molar-refractivity contribution in [3.05, 3.63) is 0 Å². The van der Waals surface area contributed by atoms with Gasteiger partial charge in [-0.25, -0.2) is 5.32 Å². The van der Waals surface area contributed by atoms with Gasteiger partial charge < -0.3 is 0 Å². The Hall–Kier alpha value is -0.0400. The highest BCUT2D eigenvalue weighted by Crippen LogP contribution is 1.74. The molecule has 0 aliphatic rings. The molecule has 0 spiro atoms. The first-order valence-corrected chi connectivity index (χ1v) is 3.05. The molecule has 0 saturated heterocycles. The molecular formula is C6H14N. The van der Waals surface area contributed by atoms with Crippen LogP contribution < -0.4 is 5.32 Å². The minimum absolute atomic E-state index is 1.05. The summed E-state index contributed by atoms with van der Waals surface area (Å²) in [6.07, 6.45) is 2.39. The van der Waals surface area contributed by atoms with Crippen LogP contribution in [0.1, 0.15) is 26.7 Å². The van der Waals surface area contributed by atoms with Crippen LogP contribution in [0.4, 0.5) is 0 Å². The van der Waals surface area contributed by atoms with E-state index in [1.165, 1.54) is 12.8 Å². The lowest BCUT2D eigenvalue weighted by atomic mass is 10.4. The van der Waals surface area contributed by atoms with E-state index in [-0.39, 0.29) is 0 Å². The molecule has 0 aliphatic heterocycles. The lowest BCUT2D eigenvalue weighted by molar-refractivity contribution is 0.649. The van der Waals surface area contributed by atoms with Gasteiger partial charge in [-0.2, -0.15) is 0 Å². The first-order chi connectivity index (χ1) is 3.41. The van der Waals surface area contributed by atoms with Crippen LogP contribution in [-0.2, 0) is 0 Å². The average Bonchev–Trinajstić information content (AvgIpc) is 1.69. The van der Waals surface area contributed by atoms with Crippen molar-refractivity contribution in [3.63, 3.8) is 0 Å². The van der Waals surface area contributed by atoms with E-state index in [9.17, 15) is 0 Å². The minimum Gasteiger partial charge on any atom is -0.242 e. The zero-order valence-corrected chi connectivity index (χ0v) is 5.28. The summed E-state index contributed by atoms with van der Waals surface area (Å²) in [5.74, 6) is 0. The Balaban J connectivity index is 2.45. The van der Waals surface area contributed by atoms with E-state index in [0.717, 1.165) is 13.1 Å². The zero-order valence-electron chi connectivity index (χ0n) is 5.28. The summed E-state index contributed by atoms with van der Waals surface area (Å²) in [7, 11) is 0. The van der Waals surface area contributed by atoms with Gasteiger partial charge in [0.05, 0.1) is 0 Å². The second-order valence-electron chi connectivity index (χ2n) is 1.67. The van der Waals surface area contributed by atoms with Crippen molar-refractivity contribution in [2.75, 3.05) is 13.1 Å². The van der Waals surface area contributed by atoms with Crippen molar-refractivity contribution in [2.45, 2.75) is 26.7 Å². The molecule has 0 atom stereocenters. The molecular weight excluding hydrogens is 86.1 g/mol. The fourth-order valence-electron chi connectivity index (χ4n) is 0.428. The van der Waals surface area contributed by atoms with Gasteiger partial charge in [0.2, 0.25) is 0 Å². The number of nitrogens with zero attached hydrogens (tertiary/aromatic N) is 1. The lowest BCUT2D eigenvalue weighted by Crippen LogP contribution is -2.05. The van der Waals surface area contributed by atoms with Crippen LogP contribution in [-0.4, -0.2) is 13.1 Å². The van der Waals surface area contributed by atoms with Crippen LogP contribution >= 0.6 is 0 Å². The van der Waals surface area contributed by atoms with E-state index in [2.05, 4.69) is 19.2 Å². The topological polar surface area (TPSA) is 14.1 Å². The Labute approximate surface area is 46.1 Å². The molecule has 0 unspecified atom stereocenters. The predicted molar refractivity (Wildman–Crippen MR) is 32.4 cm³/mol. The van der Waals surface area contributed by atoms with Gasteiger partial charge in [0.1, 0.15) is 0 Å². The zero-order chi connectivity index (χ0) is 5.54. The molecule has 0 aliphatic carbocycles. The van der Waals surface area contributed by atoms with Crippen molar-refractivity contribution in [3.8, 4) is 0 Å². The van der Waals surface area contributed by atoms with E-state index >= 15 is 0 Å². The largest absolute Gasteiger partial charge is 0.242 e. The van der Waals surface area contributed by atoms with Crippen molar-refractivity contribution in [2.24, 2.45) is 0 Å². The summed E-state index contributed by atoms with van der Waals surface area (Å²) in [5.41, 5.74) is 0. The van der Waals surface area contributed by atoms with E-state index in [1.807, 2.05) is 0 Å². The van der Waals surface area contributed by atoms with E-state index in [4.69, 9.17) is 0 Å². The molecule has 0 aromatic rings. The van der Waals surface area contributed by atoms with Gasteiger partial charge >= 0.3 is 0 Å². The molecule has 7 heavy (non-hydrogen) atoms. The average molecular weight is 100 g/mol. The molecule has 1 heteroatoms. The molecule has 43 valence electrons. The summed E-state index contributed by atoms with van der Waals surface area (Å²) in [5, 5.41) is 4.21. The molecule has 1 radical (unpaired) electrons. The maximum atomic E-state index is 4.21. The quantitative estimate of drug-likeness (QED) is 0.474. The third-order valence-corrected chi connectivity index (χ3v) is 0.763. The van der Waals surface area contributed by atoms with Crippen LogP contribution in [0.2, 0.25) is 0 Å². The van der Waals surface area contributed by atoms with Crippen LogP contribution in [0, 0.1) is 0 Å². The lowest BCUT2D eigenvalue weighted by Gasteiger charge is -1.92.